The molecule has 1 aliphatic heterocycles. The van der Waals surface area contributed by atoms with Gasteiger partial charge in [-0.2, -0.15) is 13.2 Å². The van der Waals surface area contributed by atoms with E-state index < -0.39 is 24.2 Å². The number of carbonyl (C=O) groups excluding carboxylic acids is 1. The first-order valence-corrected chi connectivity index (χ1v) is 4.29. The molecule has 0 saturated heterocycles. The molecule has 0 aliphatic carbocycles. The first-order valence-electron chi connectivity index (χ1n) is 4.29. The maximum Gasteiger partial charge on any atom is 0.431 e. The highest BCUT2D eigenvalue weighted by molar-refractivity contribution is 6.36. The van der Waals surface area contributed by atoms with Crippen LogP contribution in [0.4, 0.5) is 13.2 Å². The number of ether oxygens (including phenoxy) is 1. The number of esters is 1. The third-order valence-electron chi connectivity index (χ3n) is 1.97. The smallest absolute Gasteiger partial charge is 0.431 e. The van der Waals surface area contributed by atoms with Gasteiger partial charge in [-0.15, -0.1) is 0 Å². The van der Waals surface area contributed by atoms with Crippen LogP contribution in [0.25, 0.3) is 0 Å². The Kier molecular flexibility index (Phi) is 2.92. The monoisotopic (exact) mass is 225 g/mol. The lowest BCUT2D eigenvalue weighted by atomic mass is 9.99. The van der Waals surface area contributed by atoms with Crippen LogP contribution in [-0.2, 0) is 14.4 Å². The molecule has 0 fully saturated rings. The van der Waals surface area contributed by atoms with Crippen LogP contribution in [0, 0.1) is 0 Å². The summed E-state index contributed by atoms with van der Waals surface area (Å²) in [6.45, 7) is 2.47. The highest BCUT2D eigenvalue weighted by Gasteiger charge is 2.58. The Morgan fingerprint density at radius 2 is 2.27 bits per heavy atom. The number of hydrogen-bond donors (Lipinski definition) is 0. The first kappa shape index (κ1) is 11.8. The predicted molar refractivity (Wildman–Crippen MR) is 44.2 cm³/mol. The van der Waals surface area contributed by atoms with Crippen LogP contribution < -0.4 is 0 Å². The van der Waals surface area contributed by atoms with Gasteiger partial charge in [-0.1, -0.05) is 5.16 Å². The maximum atomic E-state index is 12.4. The molecular formula is C8H10F3NO3. The zero-order valence-corrected chi connectivity index (χ0v) is 8.22. The molecule has 1 rings (SSSR count). The molecule has 0 amide bonds. The third-order valence-corrected chi connectivity index (χ3v) is 1.97. The van der Waals surface area contributed by atoms with Crippen molar-refractivity contribution in [1.82, 2.24) is 0 Å². The molecule has 1 atom stereocenters. The highest BCUT2D eigenvalue weighted by atomic mass is 19.4. The van der Waals surface area contributed by atoms with Crippen LogP contribution in [0.3, 0.4) is 0 Å². The zero-order valence-electron chi connectivity index (χ0n) is 8.22. The van der Waals surface area contributed by atoms with Gasteiger partial charge in [-0.25, -0.2) is 4.79 Å². The van der Waals surface area contributed by atoms with Crippen LogP contribution in [0.1, 0.15) is 20.3 Å². The summed E-state index contributed by atoms with van der Waals surface area (Å²) in [5.74, 6) is -0.870. The topological polar surface area (TPSA) is 47.9 Å². The summed E-state index contributed by atoms with van der Waals surface area (Å²) in [6.07, 6.45) is -5.18. The molecule has 1 aliphatic rings. The van der Waals surface area contributed by atoms with E-state index >= 15 is 0 Å². The van der Waals surface area contributed by atoms with Crippen molar-refractivity contribution in [3.8, 4) is 0 Å². The molecule has 0 radical (unpaired) electrons. The van der Waals surface area contributed by atoms with Crippen LogP contribution in [0.15, 0.2) is 5.16 Å². The van der Waals surface area contributed by atoms with Crippen molar-refractivity contribution in [2.75, 3.05) is 6.61 Å². The molecule has 0 N–H and O–H groups in total. The number of nitrogens with zero attached hydrogens (tertiary/aromatic N) is 1. The number of halogens is 3. The number of oxime groups is 1. The lowest BCUT2D eigenvalue weighted by molar-refractivity contribution is -0.261. The van der Waals surface area contributed by atoms with Gasteiger partial charge in [0.2, 0.25) is 5.60 Å². The average molecular weight is 225 g/mol. The van der Waals surface area contributed by atoms with Crippen molar-refractivity contribution in [1.29, 1.82) is 0 Å². The van der Waals surface area contributed by atoms with Gasteiger partial charge in [-0.05, 0) is 13.8 Å². The van der Waals surface area contributed by atoms with Crippen molar-refractivity contribution in [2.45, 2.75) is 32.0 Å². The summed E-state index contributed by atoms with van der Waals surface area (Å²) in [5.41, 5.74) is -2.76. The van der Waals surface area contributed by atoms with Gasteiger partial charge in [0, 0.05) is 0 Å². The standard InChI is InChI=1S/C8H10F3NO3/c1-3-14-6(13)5-4-7(2,15-12-5)8(9,10)11/h3-4H2,1-2H3. The SMILES string of the molecule is CCOC(=O)C1=NOC(C)(C(F)(F)F)C1. The molecule has 4 nitrogen and oxygen atoms in total. The fraction of sp³-hybridized carbons (Fsp3) is 0.750. The molecule has 1 heterocycles. The van der Waals surface area contributed by atoms with Crippen molar-refractivity contribution in [2.24, 2.45) is 5.16 Å². The zero-order chi connectivity index (χ0) is 11.7. The van der Waals surface area contributed by atoms with Gasteiger partial charge in [-0.3, -0.25) is 0 Å². The van der Waals surface area contributed by atoms with Crippen molar-refractivity contribution in [3.05, 3.63) is 0 Å². The second-order valence-electron chi connectivity index (χ2n) is 3.26. The Bertz CT molecular complexity index is 300. The second kappa shape index (κ2) is 3.71. The highest BCUT2D eigenvalue weighted by Crippen LogP contribution is 2.39. The van der Waals surface area contributed by atoms with E-state index in [4.69, 9.17) is 0 Å². The third kappa shape index (κ3) is 2.21. The number of rotatable bonds is 2. The average Bonchev–Trinajstić information content (AvgIpc) is 2.48. The Hall–Kier alpha value is -1.27. The summed E-state index contributed by atoms with van der Waals surface area (Å²) in [4.78, 5) is 15.3. The van der Waals surface area contributed by atoms with Gasteiger partial charge in [0.15, 0.2) is 5.71 Å². The van der Waals surface area contributed by atoms with Crippen LogP contribution >= 0.6 is 0 Å². The summed E-state index contributed by atoms with van der Waals surface area (Å²) < 4.78 is 41.8. The number of alkyl halides is 3. The van der Waals surface area contributed by atoms with Gasteiger partial charge in [0.25, 0.3) is 0 Å². The molecule has 1 unspecified atom stereocenters. The quantitative estimate of drug-likeness (QED) is 0.671. The molecule has 86 valence electrons. The van der Waals surface area contributed by atoms with Gasteiger partial charge in [0.05, 0.1) is 13.0 Å². The lowest BCUT2D eigenvalue weighted by Gasteiger charge is -2.23. The van der Waals surface area contributed by atoms with Crippen molar-refractivity contribution >= 4 is 11.7 Å². The number of hydrogen-bond acceptors (Lipinski definition) is 4. The van der Waals surface area contributed by atoms with E-state index in [1.807, 2.05) is 0 Å². The van der Waals surface area contributed by atoms with E-state index in [-0.39, 0.29) is 12.3 Å². The fourth-order valence-electron chi connectivity index (χ4n) is 1.02. The number of carbonyl (C=O) groups is 1. The minimum absolute atomic E-state index is 0.0839. The van der Waals surface area contributed by atoms with E-state index in [9.17, 15) is 18.0 Å². The van der Waals surface area contributed by atoms with E-state index in [1.54, 1.807) is 6.92 Å². The molecule has 0 bridgehead atoms. The Labute approximate surface area is 84.0 Å². The molecule has 0 aromatic rings. The van der Waals surface area contributed by atoms with Crippen molar-refractivity contribution in [3.63, 3.8) is 0 Å². The maximum absolute atomic E-state index is 12.4. The summed E-state index contributed by atoms with van der Waals surface area (Å²) in [7, 11) is 0. The van der Waals surface area contributed by atoms with E-state index in [0.717, 1.165) is 6.92 Å². The summed E-state index contributed by atoms with van der Waals surface area (Å²) >= 11 is 0. The van der Waals surface area contributed by atoms with Crippen LogP contribution in [0.5, 0.6) is 0 Å². The molecular weight excluding hydrogens is 215 g/mol. The van der Waals surface area contributed by atoms with Gasteiger partial charge < -0.3 is 9.57 Å². The minimum atomic E-state index is -4.56. The summed E-state index contributed by atoms with van der Waals surface area (Å²) in [5, 5.41) is 3.10. The Balaban J connectivity index is 2.69. The van der Waals surface area contributed by atoms with E-state index in [0.29, 0.717) is 0 Å². The molecule has 0 saturated carbocycles. The molecule has 7 heteroatoms. The first-order chi connectivity index (χ1) is 6.80. The predicted octanol–water partition coefficient (Wildman–Crippen LogP) is 1.65. The molecule has 0 spiro atoms. The largest absolute Gasteiger partial charge is 0.461 e. The van der Waals surface area contributed by atoms with Gasteiger partial charge in [0.1, 0.15) is 0 Å². The normalized spacial score (nSPS) is 25.8. The van der Waals surface area contributed by atoms with Crippen LogP contribution in [-0.4, -0.2) is 30.1 Å². The second-order valence-corrected chi connectivity index (χ2v) is 3.26. The minimum Gasteiger partial charge on any atom is -0.461 e. The Morgan fingerprint density at radius 1 is 1.67 bits per heavy atom. The Morgan fingerprint density at radius 3 is 2.67 bits per heavy atom. The molecule has 15 heavy (non-hydrogen) atoms. The molecule has 0 aromatic carbocycles. The lowest BCUT2D eigenvalue weighted by Crippen LogP contribution is -2.42. The molecule has 0 aromatic heterocycles. The van der Waals surface area contributed by atoms with E-state index in [1.165, 1.54) is 0 Å². The van der Waals surface area contributed by atoms with Crippen LogP contribution in [0.2, 0.25) is 0 Å². The fourth-order valence-corrected chi connectivity index (χ4v) is 1.02. The van der Waals surface area contributed by atoms with Crippen molar-refractivity contribution < 1.29 is 27.5 Å². The van der Waals surface area contributed by atoms with E-state index in [2.05, 4.69) is 14.7 Å². The summed E-state index contributed by atoms with van der Waals surface area (Å²) in [6, 6.07) is 0. The van der Waals surface area contributed by atoms with Gasteiger partial charge >= 0.3 is 12.1 Å².